The van der Waals surface area contributed by atoms with Crippen LogP contribution in [0.5, 0.6) is 0 Å². The van der Waals surface area contributed by atoms with E-state index in [0.717, 1.165) is 63.1 Å². The SMILES string of the molecule is Cc1cccc(CN2CC[C@]3(CCCN(C(=O)[C@@H]4C[C@@H]4C)CC3)C2=O)n1. The van der Waals surface area contributed by atoms with Crippen molar-refractivity contribution in [2.24, 2.45) is 17.3 Å². The summed E-state index contributed by atoms with van der Waals surface area (Å²) in [6.07, 6.45) is 4.62. The van der Waals surface area contributed by atoms with Crippen LogP contribution < -0.4 is 0 Å². The standard InChI is InChI=1S/C21H29N3O2/c1-15-13-18(15)19(25)23-10-4-7-21(8-11-23)9-12-24(20(21)26)14-17-6-3-5-16(2)22-17/h3,5-6,15,18H,4,7-14H2,1-2H3/t15-,18+,21+/m0/s1. The molecule has 1 spiro atoms. The first-order valence-corrected chi connectivity index (χ1v) is 9.99. The molecule has 5 heteroatoms. The molecule has 1 saturated carbocycles. The molecule has 2 aliphatic heterocycles. The minimum atomic E-state index is -0.256. The fourth-order valence-corrected chi connectivity index (χ4v) is 4.71. The van der Waals surface area contributed by atoms with Gasteiger partial charge in [-0.05, 0) is 57.1 Å². The van der Waals surface area contributed by atoms with Crippen LogP contribution in [0, 0.1) is 24.2 Å². The van der Waals surface area contributed by atoms with Crippen LogP contribution in [0.2, 0.25) is 0 Å². The fraction of sp³-hybridized carbons (Fsp3) is 0.667. The van der Waals surface area contributed by atoms with E-state index in [2.05, 4.69) is 11.9 Å². The molecule has 140 valence electrons. The molecular weight excluding hydrogens is 326 g/mol. The van der Waals surface area contributed by atoms with Crippen LogP contribution in [0.15, 0.2) is 18.2 Å². The normalized spacial score (nSPS) is 31.4. The number of aryl methyl sites for hydroxylation is 1. The number of hydrogen-bond acceptors (Lipinski definition) is 3. The van der Waals surface area contributed by atoms with E-state index in [4.69, 9.17) is 0 Å². The summed E-state index contributed by atoms with van der Waals surface area (Å²) in [7, 11) is 0. The zero-order valence-corrected chi connectivity index (χ0v) is 15.9. The zero-order valence-electron chi connectivity index (χ0n) is 15.9. The van der Waals surface area contributed by atoms with E-state index in [1.807, 2.05) is 34.9 Å². The minimum Gasteiger partial charge on any atom is -0.342 e. The lowest BCUT2D eigenvalue weighted by Crippen LogP contribution is -2.37. The monoisotopic (exact) mass is 355 g/mol. The molecule has 0 unspecified atom stereocenters. The van der Waals surface area contributed by atoms with Crippen LogP contribution in [0.4, 0.5) is 0 Å². The average molecular weight is 355 g/mol. The summed E-state index contributed by atoms with van der Waals surface area (Å²) in [5, 5.41) is 0. The summed E-state index contributed by atoms with van der Waals surface area (Å²) < 4.78 is 0. The summed E-state index contributed by atoms with van der Waals surface area (Å²) in [6, 6.07) is 5.98. The molecule has 0 N–H and O–H groups in total. The fourth-order valence-electron chi connectivity index (χ4n) is 4.71. The average Bonchev–Trinajstić information content (AvgIpc) is 3.33. The van der Waals surface area contributed by atoms with Crippen LogP contribution in [0.3, 0.4) is 0 Å². The number of aromatic nitrogens is 1. The van der Waals surface area contributed by atoms with Crippen LogP contribution in [0.25, 0.3) is 0 Å². The number of rotatable bonds is 3. The Labute approximate surface area is 155 Å². The number of nitrogens with zero attached hydrogens (tertiary/aromatic N) is 3. The molecule has 5 nitrogen and oxygen atoms in total. The van der Waals surface area contributed by atoms with Crippen molar-refractivity contribution in [3.05, 3.63) is 29.6 Å². The molecule has 3 fully saturated rings. The van der Waals surface area contributed by atoms with Gasteiger partial charge in [0, 0.05) is 31.2 Å². The minimum absolute atomic E-state index is 0.243. The zero-order chi connectivity index (χ0) is 18.3. The molecule has 0 bridgehead atoms. The van der Waals surface area contributed by atoms with E-state index in [-0.39, 0.29) is 17.2 Å². The van der Waals surface area contributed by atoms with Crippen molar-refractivity contribution in [2.75, 3.05) is 19.6 Å². The van der Waals surface area contributed by atoms with Crippen molar-refractivity contribution in [3.8, 4) is 0 Å². The van der Waals surface area contributed by atoms with Gasteiger partial charge in [-0.15, -0.1) is 0 Å². The quantitative estimate of drug-likeness (QED) is 0.838. The Morgan fingerprint density at radius 1 is 1.23 bits per heavy atom. The molecule has 1 aromatic heterocycles. The van der Waals surface area contributed by atoms with Crippen LogP contribution in [0.1, 0.15) is 50.4 Å². The first-order chi connectivity index (χ1) is 12.5. The Morgan fingerprint density at radius 3 is 2.73 bits per heavy atom. The van der Waals surface area contributed by atoms with Crippen LogP contribution in [-0.4, -0.2) is 46.2 Å². The van der Waals surface area contributed by atoms with E-state index < -0.39 is 0 Å². The summed E-state index contributed by atoms with van der Waals surface area (Å²) in [5.74, 6) is 1.38. The second-order valence-corrected chi connectivity index (χ2v) is 8.53. The predicted octanol–water partition coefficient (Wildman–Crippen LogP) is 2.78. The van der Waals surface area contributed by atoms with Crippen molar-refractivity contribution in [3.63, 3.8) is 0 Å². The van der Waals surface area contributed by atoms with Crippen molar-refractivity contribution < 1.29 is 9.59 Å². The number of pyridine rings is 1. The maximum atomic E-state index is 13.2. The highest BCUT2D eigenvalue weighted by molar-refractivity contribution is 5.85. The Balaban J connectivity index is 1.41. The third kappa shape index (κ3) is 3.24. The smallest absolute Gasteiger partial charge is 0.229 e. The van der Waals surface area contributed by atoms with Gasteiger partial charge in [0.05, 0.1) is 17.7 Å². The van der Waals surface area contributed by atoms with Gasteiger partial charge in [-0.25, -0.2) is 0 Å². The molecule has 1 aliphatic carbocycles. The van der Waals surface area contributed by atoms with Crippen LogP contribution in [-0.2, 0) is 16.1 Å². The van der Waals surface area contributed by atoms with Crippen molar-refractivity contribution in [1.29, 1.82) is 0 Å². The van der Waals surface area contributed by atoms with Crippen molar-refractivity contribution in [2.45, 2.75) is 52.5 Å². The van der Waals surface area contributed by atoms with E-state index in [1.165, 1.54) is 0 Å². The molecule has 4 rings (SSSR count). The number of carbonyl (C=O) groups excluding carboxylic acids is 2. The largest absolute Gasteiger partial charge is 0.342 e. The third-order valence-corrected chi connectivity index (χ3v) is 6.58. The van der Waals surface area contributed by atoms with Gasteiger partial charge in [0.15, 0.2) is 0 Å². The molecule has 0 radical (unpaired) electrons. The van der Waals surface area contributed by atoms with Gasteiger partial charge in [-0.2, -0.15) is 0 Å². The Bertz CT molecular complexity index is 719. The van der Waals surface area contributed by atoms with Crippen LogP contribution >= 0.6 is 0 Å². The van der Waals surface area contributed by atoms with Gasteiger partial charge in [-0.1, -0.05) is 13.0 Å². The number of amides is 2. The van der Waals surface area contributed by atoms with Crippen molar-refractivity contribution in [1.82, 2.24) is 14.8 Å². The molecule has 3 atom stereocenters. The molecule has 3 heterocycles. The molecule has 2 amide bonds. The summed E-state index contributed by atoms with van der Waals surface area (Å²) in [6.45, 7) is 7.10. The van der Waals surface area contributed by atoms with Gasteiger partial charge in [-0.3, -0.25) is 14.6 Å². The Morgan fingerprint density at radius 2 is 2.00 bits per heavy atom. The topological polar surface area (TPSA) is 53.5 Å². The van der Waals surface area contributed by atoms with Gasteiger partial charge in [0.25, 0.3) is 0 Å². The van der Waals surface area contributed by atoms with Crippen molar-refractivity contribution >= 4 is 11.8 Å². The predicted molar refractivity (Wildman–Crippen MR) is 99.1 cm³/mol. The lowest BCUT2D eigenvalue weighted by molar-refractivity contribution is -0.138. The molecule has 2 saturated heterocycles. The third-order valence-electron chi connectivity index (χ3n) is 6.58. The number of hydrogen-bond donors (Lipinski definition) is 0. The highest BCUT2D eigenvalue weighted by atomic mass is 16.2. The molecular formula is C21H29N3O2. The maximum absolute atomic E-state index is 13.2. The van der Waals surface area contributed by atoms with Gasteiger partial charge in [0.2, 0.25) is 11.8 Å². The van der Waals surface area contributed by atoms with Gasteiger partial charge in [0.1, 0.15) is 0 Å². The summed E-state index contributed by atoms with van der Waals surface area (Å²) in [5.41, 5.74) is 1.69. The van der Waals surface area contributed by atoms with Gasteiger partial charge >= 0.3 is 0 Å². The highest BCUT2D eigenvalue weighted by Crippen LogP contribution is 2.44. The molecule has 26 heavy (non-hydrogen) atoms. The number of carbonyl (C=O) groups is 2. The first kappa shape index (κ1) is 17.5. The van der Waals surface area contributed by atoms with E-state index in [1.54, 1.807) is 0 Å². The lowest BCUT2D eigenvalue weighted by atomic mass is 9.79. The summed E-state index contributed by atoms with van der Waals surface area (Å²) in [4.78, 5) is 34.3. The maximum Gasteiger partial charge on any atom is 0.229 e. The molecule has 1 aromatic rings. The highest BCUT2D eigenvalue weighted by Gasteiger charge is 2.48. The number of likely N-dealkylation sites (tertiary alicyclic amines) is 2. The summed E-state index contributed by atoms with van der Waals surface area (Å²) >= 11 is 0. The second-order valence-electron chi connectivity index (χ2n) is 8.53. The van der Waals surface area contributed by atoms with Gasteiger partial charge < -0.3 is 9.80 Å². The second kappa shape index (κ2) is 6.67. The van der Waals surface area contributed by atoms with E-state index in [9.17, 15) is 9.59 Å². The molecule has 3 aliphatic rings. The lowest BCUT2D eigenvalue weighted by Gasteiger charge is -2.27. The first-order valence-electron chi connectivity index (χ1n) is 9.99. The Hall–Kier alpha value is -1.91. The van der Waals surface area contributed by atoms with E-state index in [0.29, 0.717) is 18.4 Å². The van der Waals surface area contributed by atoms with E-state index >= 15 is 0 Å². The molecule has 0 aromatic carbocycles. The Kier molecular flexibility index (Phi) is 4.49.